The lowest BCUT2D eigenvalue weighted by molar-refractivity contribution is -0.122. The fourth-order valence-corrected chi connectivity index (χ4v) is 6.13. The van der Waals surface area contributed by atoms with Gasteiger partial charge in [-0.1, -0.05) is 24.3 Å². The maximum atomic E-state index is 13.8. The van der Waals surface area contributed by atoms with Gasteiger partial charge in [0.2, 0.25) is 0 Å². The van der Waals surface area contributed by atoms with Crippen molar-refractivity contribution in [1.29, 1.82) is 0 Å². The van der Waals surface area contributed by atoms with E-state index in [9.17, 15) is 14.2 Å². The van der Waals surface area contributed by atoms with Gasteiger partial charge in [-0.2, -0.15) is 10.2 Å². The van der Waals surface area contributed by atoms with Crippen LogP contribution in [0.3, 0.4) is 0 Å². The molecule has 1 amide bonds. The molecule has 2 aliphatic rings. The SMILES string of the molecule is Cc1nn(COP(=O)(O)O)c(C)c1-c1ccc(CC(=O)[C@@H](NC(=O)c2ccnn2C(C)C)C(C2CC2)C2CC2)cc1. The molecule has 5 rings (SSSR count). The summed E-state index contributed by atoms with van der Waals surface area (Å²) in [5.74, 6) is 0.868. The van der Waals surface area contributed by atoms with Crippen molar-refractivity contribution in [1.82, 2.24) is 24.9 Å². The number of carbonyl (C=O) groups excluding carboxylic acids is 2. The first-order chi connectivity index (χ1) is 19.4. The summed E-state index contributed by atoms with van der Waals surface area (Å²) >= 11 is 0. The summed E-state index contributed by atoms with van der Waals surface area (Å²) in [5, 5.41) is 11.8. The number of aromatic nitrogens is 4. The summed E-state index contributed by atoms with van der Waals surface area (Å²) < 4.78 is 18.8. The Hall–Kier alpha value is -3.11. The molecule has 2 saturated carbocycles. The largest absolute Gasteiger partial charge is 0.471 e. The molecule has 0 spiro atoms. The Balaban J connectivity index is 1.33. The Morgan fingerprint density at radius 1 is 1.07 bits per heavy atom. The van der Waals surface area contributed by atoms with Gasteiger partial charge in [0.25, 0.3) is 5.91 Å². The summed E-state index contributed by atoms with van der Waals surface area (Å²) in [7, 11) is -4.62. The highest BCUT2D eigenvalue weighted by atomic mass is 31.2. The number of nitrogens with one attached hydrogen (secondary N) is 1. The van der Waals surface area contributed by atoms with Crippen LogP contribution >= 0.6 is 7.82 Å². The van der Waals surface area contributed by atoms with Gasteiger partial charge in [0.05, 0.1) is 11.7 Å². The Kier molecular flexibility index (Phi) is 8.34. The van der Waals surface area contributed by atoms with Crippen LogP contribution in [0.15, 0.2) is 36.5 Å². The summed E-state index contributed by atoms with van der Waals surface area (Å²) in [6, 6.07) is 8.83. The Morgan fingerprint density at radius 3 is 2.27 bits per heavy atom. The van der Waals surface area contributed by atoms with Crippen LogP contribution in [0.5, 0.6) is 0 Å². The molecule has 12 heteroatoms. The second-order valence-corrected chi connectivity index (χ2v) is 12.8. The van der Waals surface area contributed by atoms with E-state index < -0.39 is 13.9 Å². The molecular weight excluding hydrogens is 545 g/mol. The van der Waals surface area contributed by atoms with Crippen molar-refractivity contribution in [3.05, 3.63) is 59.2 Å². The normalized spacial score (nSPS) is 16.4. The quantitative estimate of drug-likeness (QED) is 0.252. The Morgan fingerprint density at radius 2 is 1.71 bits per heavy atom. The minimum atomic E-state index is -4.62. The number of nitrogens with zero attached hydrogens (tertiary/aromatic N) is 4. The van der Waals surface area contributed by atoms with E-state index >= 15 is 0 Å². The van der Waals surface area contributed by atoms with Crippen molar-refractivity contribution in [2.75, 3.05) is 0 Å². The van der Waals surface area contributed by atoms with Crippen LogP contribution in [-0.2, 0) is 27.0 Å². The number of Topliss-reactive ketones (excluding diaryl/α,β-unsaturated/α-hetero) is 1. The molecule has 2 heterocycles. The van der Waals surface area contributed by atoms with Crippen molar-refractivity contribution < 1.29 is 28.5 Å². The van der Waals surface area contributed by atoms with Crippen molar-refractivity contribution >= 4 is 19.5 Å². The molecule has 220 valence electrons. The van der Waals surface area contributed by atoms with Crippen molar-refractivity contribution in [2.24, 2.45) is 17.8 Å². The summed E-state index contributed by atoms with van der Waals surface area (Å²) in [6.07, 6.45) is 6.23. The molecule has 1 atom stereocenters. The number of phosphoric ester groups is 1. The van der Waals surface area contributed by atoms with Gasteiger partial charge in [0.1, 0.15) is 5.69 Å². The number of hydrogen-bond donors (Lipinski definition) is 3. The van der Waals surface area contributed by atoms with Gasteiger partial charge >= 0.3 is 7.82 Å². The number of hydrogen-bond acceptors (Lipinski definition) is 6. The van der Waals surface area contributed by atoms with Crippen LogP contribution < -0.4 is 5.32 Å². The molecule has 0 saturated heterocycles. The standard InChI is InChI=1S/C29H38N5O6P/c1-17(2)34-24(13-14-30-34)29(36)31-28(27(22-9-10-22)23-11-12-23)25(35)15-20-5-7-21(8-6-20)26-18(3)32-33(19(26)4)16-40-41(37,38)39/h5-8,13-14,17,22-23,27-28H,9-12,15-16H2,1-4H3,(H,31,36)(H2,37,38,39)/t28-/m1/s1. The Bertz CT molecular complexity index is 1450. The van der Waals surface area contributed by atoms with Crippen LogP contribution in [0.25, 0.3) is 11.1 Å². The number of amides is 1. The van der Waals surface area contributed by atoms with Gasteiger partial charge in [-0.15, -0.1) is 0 Å². The Labute approximate surface area is 239 Å². The predicted molar refractivity (Wildman–Crippen MR) is 152 cm³/mol. The van der Waals surface area contributed by atoms with Gasteiger partial charge in [0, 0.05) is 29.9 Å². The third-order valence-electron chi connectivity index (χ3n) is 8.09. The highest BCUT2D eigenvalue weighted by Gasteiger charge is 2.48. The van der Waals surface area contributed by atoms with E-state index in [1.165, 1.54) is 4.68 Å². The highest BCUT2D eigenvalue weighted by Crippen LogP contribution is 2.51. The number of rotatable bonds is 13. The predicted octanol–water partition coefficient (Wildman–Crippen LogP) is 4.36. The third-order valence-corrected chi connectivity index (χ3v) is 8.55. The third kappa shape index (κ3) is 6.86. The van der Waals surface area contributed by atoms with Crippen molar-refractivity contribution in [2.45, 2.75) is 78.6 Å². The van der Waals surface area contributed by atoms with Crippen LogP contribution in [0, 0.1) is 31.6 Å². The molecule has 0 bridgehead atoms. The molecule has 2 aromatic heterocycles. The average molecular weight is 584 g/mol. The summed E-state index contributed by atoms with van der Waals surface area (Å²) in [6.45, 7) is 7.21. The van der Waals surface area contributed by atoms with Crippen LogP contribution in [-0.4, -0.2) is 47.1 Å². The first-order valence-electron chi connectivity index (χ1n) is 14.1. The molecular formula is C29H38N5O6P. The average Bonchev–Trinajstić information content (AvgIpc) is 3.84. The fraction of sp³-hybridized carbons (Fsp3) is 0.517. The van der Waals surface area contributed by atoms with E-state index in [4.69, 9.17) is 9.79 Å². The lowest BCUT2D eigenvalue weighted by Crippen LogP contribution is -2.48. The van der Waals surface area contributed by atoms with Gasteiger partial charge in [-0.3, -0.25) is 18.8 Å². The zero-order valence-electron chi connectivity index (χ0n) is 23.9. The minimum Gasteiger partial charge on any atom is -0.341 e. The molecule has 0 unspecified atom stereocenters. The molecule has 11 nitrogen and oxygen atoms in total. The smallest absolute Gasteiger partial charge is 0.341 e. The molecule has 0 aliphatic heterocycles. The number of ketones is 1. The summed E-state index contributed by atoms with van der Waals surface area (Å²) in [5.41, 5.74) is 4.43. The van der Waals surface area contributed by atoms with E-state index in [1.54, 1.807) is 16.9 Å². The van der Waals surface area contributed by atoms with Crippen LogP contribution in [0.1, 0.15) is 73.0 Å². The molecule has 2 fully saturated rings. The number of phosphoric acid groups is 1. The number of aryl methyl sites for hydroxylation is 1. The van der Waals surface area contributed by atoms with Crippen molar-refractivity contribution in [3.8, 4) is 11.1 Å². The minimum absolute atomic E-state index is 0.0141. The molecule has 41 heavy (non-hydrogen) atoms. The zero-order chi connectivity index (χ0) is 29.5. The van der Waals surface area contributed by atoms with Crippen LogP contribution in [0.2, 0.25) is 0 Å². The second kappa shape index (κ2) is 11.6. The van der Waals surface area contributed by atoms with E-state index in [2.05, 4.69) is 20.0 Å². The second-order valence-electron chi connectivity index (χ2n) is 11.6. The van der Waals surface area contributed by atoms with Crippen molar-refractivity contribution in [3.63, 3.8) is 0 Å². The molecule has 1 aromatic carbocycles. The molecule has 3 N–H and O–H groups in total. The van der Waals surface area contributed by atoms with E-state index in [-0.39, 0.29) is 36.8 Å². The summed E-state index contributed by atoms with van der Waals surface area (Å²) in [4.78, 5) is 45.3. The van der Waals surface area contributed by atoms with Crippen LogP contribution in [0.4, 0.5) is 0 Å². The zero-order valence-corrected chi connectivity index (χ0v) is 24.8. The lowest BCUT2D eigenvalue weighted by atomic mass is 9.85. The van der Waals surface area contributed by atoms with Gasteiger partial charge in [-0.25, -0.2) is 9.25 Å². The topological polar surface area (TPSA) is 149 Å². The first-order valence-corrected chi connectivity index (χ1v) is 15.7. The number of benzene rings is 1. The van der Waals surface area contributed by atoms with Gasteiger partial charge in [-0.05, 0) is 88.3 Å². The first kappa shape index (κ1) is 29.4. The molecule has 3 aromatic rings. The molecule has 0 radical (unpaired) electrons. The fourth-order valence-electron chi connectivity index (χ4n) is 5.87. The van der Waals surface area contributed by atoms with E-state index in [0.717, 1.165) is 42.4 Å². The van der Waals surface area contributed by atoms with E-state index in [0.29, 0.717) is 28.9 Å². The maximum Gasteiger partial charge on any atom is 0.471 e. The maximum absolute atomic E-state index is 13.8. The lowest BCUT2D eigenvalue weighted by Gasteiger charge is -2.27. The number of carbonyl (C=O) groups is 2. The van der Waals surface area contributed by atoms with E-state index in [1.807, 2.05) is 52.0 Å². The van der Waals surface area contributed by atoms with Gasteiger partial charge in [0.15, 0.2) is 12.5 Å². The molecule has 2 aliphatic carbocycles. The monoisotopic (exact) mass is 583 g/mol. The highest BCUT2D eigenvalue weighted by molar-refractivity contribution is 7.46. The van der Waals surface area contributed by atoms with Gasteiger partial charge < -0.3 is 15.1 Å².